The molecule has 0 atom stereocenters. The van der Waals surface area contributed by atoms with E-state index in [0.29, 0.717) is 0 Å². The fourth-order valence-electron chi connectivity index (χ4n) is 1.80. The van der Waals surface area contributed by atoms with E-state index in [-0.39, 0.29) is 0 Å². The average molecular weight is 233 g/mol. The summed E-state index contributed by atoms with van der Waals surface area (Å²) in [6.45, 7) is 6.85. The summed E-state index contributed by atoms with van der Waals surface area (Å²) >= 11 is 0. The van der Waals surface area contributed by atoms with E-state index in [9.17, 15) is 0 Å². The van der Waals surface area contributed by atoms with E-state index in [1.165, 1.54) is 5.56 Å². The van der Waals surface area contributed by atoms with Crippen LogP contribution in [0.3, 0.4) is 0 Å². The van der Waals surface area contributed by atoms with Crippen molar-refractivity contribution in [3.63, 3.8) is 0 Å². The van der Waals surface area contributed by atoms with Crippen LogP contribution in [0.25, 0.3) is 0 Å². The standard InChI is InChI=1S/C13H19N3O/c1-3-4-14-8-12-7-13(17-11(12)2)9-16-6-5-15-10-16/h5-7,10,14H,3-4,8-9H2,1-2H3. The molecule has 0 unspecified atom stereocenters. The molecule has 0 saturated carbocycles. The Hall–Kier alpha value is -1.55. The molecule has 0 aliphatic carbocycles. The fourth-order valence-corrected chi connectivity index (χ4v) is 1.80. The maximum Gasteiger partial charge on any atom is 0.124 e. The minimum atomic E-state index is 0.745. The minimum Gasteiger partial charge on any atom is -0.464 e. The van der Waals surface area contributed by atoms with E-state index in [1.807, 2.05) is 17.7 Å². The zero-order chi connectivity index (χ0) is 12.1. The van der Waals surface area contributed by atoms with Gasteiger partial charge < -0.3 is 14.3 Å². The van der Waals surface area contributed by atoms with Crippen molar-refractivity contribution in [2.45, 2.75) is 33.4 Å². The SMILES string of the molecule is CCCNCc1cc(Cn2ccnc2)oc1C. The first kappa shape index (κ1) is 11.9. The number of hydrogen-bond donors (Lipinski definition) is 1. The Morgan fingerprint density at radius 1 is 1.47 bits per heavy atom. The van der Waals surface area contributed by atoms with Gasteiger partial charge in [0.15, 0.2) is 0 Å². The lowest BCUT2D eigenvalue weighted by Gasteiger charge is -1.99. The normalized spacial score (nSPS) is 10.9. The number of aryl methyl sites for hydroxylation is 1. The largest absolute Gasteiger partial charge is 0.464 e. The molecule has 0 aliphatic heterocycles. The number of imidazole rings is 1. The molecule has 0 amide bonds. The highest BCUT2D eigenvalue weighted by molar-refractivity contribution is 5.20. The van der Waals surface area contributed by atoms with Crippen LogP contribution in [0.1, 0.15) is 30.4 Å². The number of aromatic nitrogens is 2. The average Bonchev–Trinajstić information content (AvgIpc) is 2.91. The van der Waals surface area contributed by atoms with Gasteiger partial charge in [0.25, 0.3) is 0 Å². The second-order valence-corrected chi connectivity index (χ2v) is 4.21. The maximum atomic E-state index is 5.73. The van der Waals surface area contributed by atoms with Crippen LogP contribution in [0, 0.1) is 6.92 Å². The Balaban J connectivity index is 1.98. The minimum absolute atomic E-state index is 0.745. The highest BCUT2D eigenvalue weighted by atomic mass is 16.3. The Morgan fingerprint density at radius 3 is 3.06 bits per heavy atom. The second kappa shape index (κ2) is 5.68. The number of nitrogens with one attached hydrogen (secondary N) is 1. The van der Waals surface area contributed by atoms with Gasteiger partial charge in [0, 0.05) is 24.5 Å². The summed E-state index contributed by atoms with van der Waals surface area (Å²) in [6.07, 6.45) is 6.66. The molecule has 0 aliphatic rings. The number of nitrogens with zero attached hydrogens (tertiary/aromatic N) is 2. The summed E-state index contributed by atoms with van der Waals surface area (Å²) in [4.78, 5) is 4.02. The van der Waals surface area contributed by atoms with Crippen molar-refractivity contribution in [1.29, 1.82) is 0 Å². The van der Waals surface area contributed by atoms with E-state index in [4.69, 9.17) is 4.42 Å². The molecular formula is C13H19N3O. The van der Waals surface area contributed by atoms with Crippen molar-refractivity contribution < 1.29 is 4.42 Å². The predicted octanol–water partition coefficient (Wildman–Crippen LogP) is 2.33. The molecule has 0 bridgehead atoms. The molecule has 2 aromatic heterocycles. The maximum absolute atomic E-state index is 5.73. The first-order valence-corrected chi connectivity index (χ1v) is 6.04. The molecule has 0 spiro atoms. The number of hydrogen-bond acceptors (Lipinski definition) is 3. The van der Waals surface area contributed by atoms with Gasteiger partial charge in [0.05, 0.1) is 12.9 Å². The number of furan rings is 1. The Bertz CT molecular complexity index is 445. The Kier molecular flexibility index (Phi) is 3.98. The summed E-state index contributed by atoms with van der Waals surface area (Å²) in [6, 6.07) is 2.12. The smallest absolute Gasteiger partial charge is 0.124 e. The topological polar surface area (TPSA) is 43.0 Å². The summed E-state index contributed by atoms with van der Waals surface area (Å²) < 4.78 is 7.73. The molecule has 0 fully saturated rings. The van der Waals surface area contributed by atoms with Gasteiger partial charge in [-0.15, -0.1) is 0 Å². The first-order valence-electron chi connectivity index (χ1n) is 6.04. The van der Waals surface area contributed by atoms with Gasteiger partial charge in [0.2, 0.25) is 0 Å². The van der Waals surface area contributed by atoms with Crippen LogP contribution >= 0.6 is 0 Å². The van der Waals surface area contributed by atoms with Crippen molar-refractivity contribution >= 4 is 0 Å². The lowest BCUT2D eigenvalue weighted by atomic mass is 10.2. The van der Waals surface area contributed by atoms with Crippen LogP contribution in [-0.4, -0.2) is 16.1 Å². The molecule has 92 valence electrons. The van der Waals surface area contributed by atoms with E-state index >= 15 is 0 Å². The van der Waals surface area contributed by atoms with Crippen molar-refractivity contribution in [1.82, 2.24) is 14.9 Å². The van der Waals surface area contributed by atoms with E-state index < -0.39 is 0 Å². The monoisotopic (exact) mass is 233 g/mol. The van der Waals surface area contributed by atoms with Crippen molar-refractivity contribution in [3.8, 4) is 0 Å². The second-order valence-electron chi connectivity index (χ2n) is 4.21. The van der Waals surface area contributed by atoms with E-state index in [2.05, 4.69) is 23.3 Å². The van der Waals surface area contributed by atoms with Crippen LogP contribution in [0.2, 0.25) is 0 Å². The quantitative estimate of drug-likeness (QED) is 0.779. The van der Waals surface area contributed by atoms with Crippen LogP contribution < -0.4 is 5.32 Å². The molecule has 2 aromatic rings. The molecule has 0 saturated heterocycles. The molecule has 1 N–H and O–H groups in total. The first-order chi connectivity index (χ1) is 8.29. The van der Waals surface area contributed by atoms with E-state index in [0.717, 1.165) is 37.6 Å². The van der Waals surface area contributed by atoms with Gasteiger partial charge in [-0.1, -0.05) is 6.92 Å². The van der Waals surface area contributed by atoms with Crippen molar-refractivity contribution in [2.75, 3.05) is 6.54 Å². The third-order valence-electron chi connectivity index (χ3n) is 2.71. The summed E-state index contributed by atoms with van der Waals surface area (Å²) in [7, 11) is 0. The third-order valence-corrected chi connectivity index (χ3v) is 2.71. The molecule has 0 aromatic carbocycles. The van der Waals surface area contributed by atoms with Gasteiger partial charge in [-0.25, -0.2) is 4.98 Å². The van der Waals surface area contributed by atoms with Gasteiger partial charge in [-0.05, 0) is 26.0 Å². The van der Waals surface area contributed by atoms with Gasteiger partial charge in [-0.2, -0.15) is 0 Å². The van der Waals surface area contributed by atoms with Gasteiger partial charge in [-0.3, -0.25) is 0 Å². The molecule has 4 nitrogen and oxygen atoms in total. The summed E-state index contributed by atoms with van der Waals surface area (Å²) in [5, 5.41) is 3.39. The zero-order valence-electron chi connectivity index (χ0n) is 10.4. The number of rotatable bonds is 6. The summed E-state index contributed by atoms with van der Waals surface area (Å²) in [5.41, 5.74) is 1.24. The lowest BCUT2D eigenvalue weighted by molar-refractivity contribution is 0.466. The van der Waals surface area contributed by atoms with E-state index in [1.54, 1.807) is 12.5 Å². The summed E-state index contributed by atoms with van der Waals surface area (Å²) in [5.74, 6) is 1.98. The molecule has 2 heterocycles. The highest BCUT2D eigenvalue weighted by Gasteiger charge is 2.07. The van der Waals surface area contributed by atoms with Crippen LogP contribution in [0.5, 0.6) is 0 Å². The highest BCUT2D eigenvalue weighted by Crippen LogP contribution is 2.15. The fraction of sp³-hybridized carbons (Fsp3) is 0.462. The lowest BCUT2D eigenvalue weighted by Crippen LogP contribution is -2.13. The molecule has 0 radical (unpaired) electrons. The van der Waals surface area contributed by atoms with Crippen molar-refractivity contribution in [3.05, 3.63) is 41.9 Å². The molecule has 4 heteroatoms. The van der Waals surface area contributed by atoms with Crippen molar-refractivity contribution in [2.24, 2.45) is 0 Å². The molecule has 17 heavy (non-hydrogen) atoms. The molecular weight excluding hydrogens is 214 g/mol. The van der Waals surface area contributed by atoms with Crippen LogP contribution in [-0.2, 0) is 13.1 Å². The third kappa shape index (κ3) is 3.20. The zero-order valence-corrected chi connectivity index (χ0v) is 10.4. The predicted molar refractivity (Wildman–Crippen MR) is 66.8 cm³/mol. The Labute approximate surface area is 102 Å². The van der Waals surface area contributed by atoms with Gasteiger partial charge >= 0.3 is 0 Å². The van der Waals surface area contributed by atoms with Crippen LogP contribution in [0.15, 0.2) is 29.2 Å². The Morgan fingerprint density at radius 2 is 2.35 bits per heavy atom. The van der Waals surface area contributed by atoms with Crippen LogP contribution in [0.4, 0.5) is 0 Å². The van der Waals surface area contributed by atoms with Gasteiger partial charge in [0.1, 0.15) is 11.5 Å². The molecule has 2 rings (SSSR count).